The van der Waals surface area contributed by atoms with Crippen LogP contribution in [0.4, 0.5) is 0 Å². The highest BCUT2D eigenvalue weighted by molar-refractivity contribution is 4.99. The molecular weight excluding hydrogens is 130 g/mol. The first-order chi connectivity index (χ1) is 4.77. The molecule has 0 aromatic carbocycles. The molecule has 2 saturated heterocycles. The van der Waals surface area contributed by atoms with Gasteiger partial charge in [-0.15, -0.1) is 0 Å². The van der Waals surface area contributed by atoms with Crippen molar-refractivity contribution in [3.05, 3.63) is 0 Å². The van der Waals surface area contributed by atoms with Crippen LogP contribution in [-0.2, 0) is 0 Å². The van der Waals surface area contributed by atoms with Crippen LogP contribution in [0.3, 0.4) is 0 Å². The number of hydrogen-bond donors (Lipinski definition) is 3. The SMILES string of the molecule is OC1CC[C@H]2CC(O)C1N2. The van der Waals surface area contributed by atoms with Gasteiger partial charge in [-0.25, -0.2) is 0 Å². The van der Waals surface area contributed by atoms with E-state index in [-0.39, 0.29) is 18.2 Å². The van der Waals surface area contributed by atoms with Gasteiger partial charge in [-0.2, -0.15) is 0 Å². The fourth-order valence-electron chi connectivity index (χ4n) is 2.01. The summed E-state index contributed by atoms with van der Waals surface area (Å²) in [5, 5.41) is 21.9. The van der Waals surface area contributed by atoms with Crippen LogP contribution >= 0.6 is 0 Å². The summed E-state index contributed by atoms with van der Waals surface area (Å²) in [4.78, 5) is 0. The molecule has 58 valence electrons. The summed E-state index contributed by atoms with van der Waals surface area (Å²) in [7, 11) is 0. The van der Waals surface area contributed by atoms with Gasteiger partial charge in [0.05, 0.1) is 18.2 Å². The second-order valence-electron chi connectivity index (χ2n) is 3.34. The molecule has 0 spiro atoms. The van der Waals surface area contributed by atoms with Crippen LogP contribution in [0.25, 0.3) is 0 Å². The van der Waals surface area contributed by atoms with Crippen LogP contribution in [0, 0.1) is 0 Å². The fraction of sp³-hybridized carbons (Fsp3) is 1.00. The van der Waals surface area contributed by atoms with E-state index in [1.165, 1.54) is 0 Å². The second-order valence-corrected chi connectivity index (χ2v) is 3.34. The number of piperidine rings is 1. The summed E-state index contributed by atoms with van der Waals surface area (Å²) >= 11 is 0. The molecular formula is C7H13NO2. The van der Waals surface area contributed by atoms with Gasteiger partial charge in [-0.1, -0.05) is 0 Å². The van der Waals surface area contributed by atoms with E-state index in [0.717, 1.165) is 19.3 Å². The van der Waals surface area contributed by atoms with Crippen molar-refractivity contribution < 1.29 is 10.2 Å². The Morgan fingerprint density at radius 2 is 1.90 bits per heavy atom. The maximum Gasteiger partial charge on any atom is 0.0733 e. The summed E-state index contributed by atoms with van der Waals surface area (Å²) in [6.45, 7) is 0. The Bertz CT molecular complexity index is 136. The molecule has 0 aliphatic carbocycles. The van der Waals surface area contributed by atoms with Gasteiger partial charge in [-0.3, -0.25) is 0 Å². The van der Waals surface area contributed by atoms with E-state index in [1.54, 1.807) is 0 Å². The fourth-order valence-corrected chi connectivity index (χ4v) is 2.01. The van der Waals surface area contributed by atoms with Gasteiger partial charge in [-0.05, 0) is 19.3 Å². The molecule has 3 unspecified atom stereocenters. The number of aliphatic hydroxyl groups is 2. The van der Waals surface area contributed by atoms with Crippen molar-refractivity contribution in [3.8, 4) is 0 Å². The summed E-state index contributed by atoms with van der Waals surface area (Å²) < 4.78 is 0. The molecule has 0 radical (unpaired) electrons. The summed E-state index contributed by atoms with van der Waals surface area (Å²) in [5.41, 5.74) is 0. The first-order valence-electron chi connectivity index (χ1n) is 3.89. The quantitative estimate of drug-likeness (QED) is 0.417. The highest BCUT2D eigenvalue weighted by Gasteiger charge is 2.40. The first-order valence-corrected chi connectivity index (χ1v) is 3.89. The van der Waals surface area contributed by atoms with E-state index in [2.05, 4.69) is 5.32 Å². The van der Waals surface area contributed by atoms with Crippen molar-refractivity contribution in [2.24, 2.45) is 0 Å². The number of fused-ring (bicyclic) bond motifs is 2. The molecule has 10 heavy (non-hydrogen) atoms. The Kier molecular flexibility index (Phi) is 1.44. The summed E-state index contributed by atoms with van der Waals surface area (Å²) in [6, 6.07) is 0.419. The predicted molar refractivity (Wildman–Crippen MR) is 36.6 cm³/mol. The predicted octanol–water partition coefficient (Wildman–Crippen LogP) is -0.768. The van der Waals surface area contributed by atoms with Crippen molar-refractivity contribution in [1.29, 1.82) is 0 Å². The van der Waals surface area contributed by atoms with Crippen molar-refractivity contribution in [3.63, 3.8) is 0 Å². The van der Waals surface area contributed by atoms with Crippen molar-refractivity contribution in [2.45, 2.75) is 43.6 Å². The lowest BCUT2D eigenvalue weighted by Crippen LogP contribution is -2.46. The molecule has 0 aromatic heterocycles. The minimum Gasteiger partial charge on any atom is -0.391 e. The van der Waals surface area contributed by atoms with Crippen LogP contribution in [0.5, 0.6) is 0 Å². The molecule has 2 fully saturated rings. The second kappa shape index (κ2) is 2.19. The Morgan fingerprint density at radius 1 is 1.10 bits per heavy atom. The van der Waals surface area contributed by atoms with Crippen molar-refractivity contribution >= 4 is 0 Å². The molecule has 3 heteroatoms. The summed E-state index contributed by atoms with van der Waals surface area (Å²) in [6.07, 6.45) is 2.03. The Labute approximate surface area is 60.1 Å². The maximum absolute atomic E-state index is 9.35. The zero-order valence-corrected chi connectivity index (χ0v) is 5.83. The van der Waals surface area contributed by atoms with Gasteiger partial charge in [0.2, 0.25) is 0 Å². The Hall–Kier alpha value is -0.120. The van der Waals surface area contributed by atoms with Crippen LogP contribution in [0.1, 0.15) is 19.3 Å². The van der Waals surface area contributed by atoms with E-state index >= 15 is 0 Å². The lowest BCUT2D eigenvalue weighted by molar-refractivity contribution is 0.0524. The molecule has 3 nitrogen and oxygen atoms in total. The van der Waals surface area contributed by atoms with Gasteiger partial charge in [0.25, 0.3) is 0 Å². The van der Waals surface area contributed by atoms with Crippen LogP contribution in [0.2, 0.25) is 0 Å². The number of rotatable bonds is 0. The molecule has 2 aliphatic rings. The van der Waals surface area contributed by atoms with Gasteiger partial charge in [0.15, 0.2) is 0 Å². The van der Waals surface area contributed by atoms with Gasteiger partial charge in [0.1, 0.15) is 0 Å². The minimum atomic E-state index is -0.325. The Morgan fingerprint density at radius 3 is 2.60 bits per heavy atom. The third-order valence-corrected chi connectivity index (χ3v) is 2.59. The third kappa shape index (κ3) is 0.856. The molecule has 0 saturated carbocycles. The van der Waals surface area contributed by atoms with E-state index in [4.69, 9.17) is 0 Å². The van der Waals surface area contributed by atoms with Crippen LogP contribution in [-0.4, -0.2) is 34.5 Å². The highest BCUT2D eigenvalue weighted by Crippen LogP contribution is 2.26. The maximum atomic E-state index is 9.35. The zero-order chi connectivity index (χ0) is 7.14. The number of aliphatic hydroxyl groups excluding tert-OH is 2. The highest BCUT2D eigenvalue weighted by atomic mass is 16.3. The van der Waals surface area contributed by atoms with E-state index in [1.807, 2.05) is 0 Å². The lowest BCUT2D eigenvalue weighted by Gasteiger charge is -2.26. The van der Waals surface area contributed by atoms with E-state index in [9.17, 15) is 10.2 Å². The van der Waals surface area contributed by atoms with Crippen molar-refractivity contribution in [2.75, 3.05) is 0 Å². The van der Waals surface area contributed by atoms with E-state index in [0.29, 0.717) is 6.04 Å². The summed E-state index contributed by atoms with van der Waals surface area (Å²) in [5.74, 6) is 0. The largest absolute Gasteiger partial charge is 0.391 e. The van der Waals surface area contributed by atoms with Gasteiger partial charge >= 0.3 is 0 Å². The van der Waals surface area contributed by atoms with Gasteiger partial charge in [0, 0.05) is 6.04 Å². The van der Waals surface area contributed by atoms with Crippen LogP contribution in [0.15, 0.2) is 0 Å². The minimum absolute atomic E-state index is 0.0428. The average molecular weight is 143 g/mol. The topological polar surface area (TPSA) is 52.5 Å². The molecule has 0 aromatic rings. The standard InChI is InChI=1S/C7H13NO2/c9-5-2-1-4-3-6(10)7(5)8-4/h4-10H,1-3H2/t4-,5?,6?,7?/m0/s1. The van der Waals surface area contributed by atoms with Crippen LogP contribution < -0.4 is 5.32 Å². The Balaban J connectivity index is 2.10. The normalized spacial score (nSPS) is 53.4. The van der Waals surface area contributed by atoms with E-state index < -0.39 is 0 Å². The lowest BCUT2D eigenvalue weighted by atomic mass is 10.0. The molecule has 2 rings (SSSR count). The van der Waals surface area contributed by atoms with Crippen molar-refractivity contribution in [1.82, 2.24) is 5.32 Å². The first kappa shape index (κ1) is 6.58. The molecule has 4 atom stereocenters. The smallest absolute Gasteiger partial charge is 0.0733 e. The number of nitrogens with one attached hydrogen (secondary N) is 1. The molecule has 2 heterocycles. The molecule has 2 aliphatic heterocycles. The molecule has 0 amide bonds. The number of hydrogen-bond acceptors (Lipinski definition) is 3. The molecule has 2 bridgehead atoms. The van der Waals surface area contributed by atoms with Gasteiger partial charge < -0.3 is 15.5 Å². The third-order valence-electron chi connectivity index (χ3n) is 2.59. The molecule has 3 N–H and O–H groups in total. The monoisotopic (exact) mass is 143 g/mol. The zero-order valence-electron chi connectivity index (χ0n) is 5.83. The average Bonchev–Trinajstić information content (AvgIpc) is 2.21.